The Kier molecular flexibility index (Phi) is 4.15. The molecule has 2 aromatic rings. The number of rotatable bonds is 3. The summed E-state index contributed by atoms with van der Waals surface area (Å²) in [4.78, 5) is 34.9. The predicted molar refractivity (Wildman–Crippen MR) is 89.7 cm³/mol. The van der Waals surface area contributed by atoms with Crippen molar-refractivity contribution in [3.63, 3.8) is 0 Å². The van der Waals surface area contributed by atoms with Crippen LogP contribution in [0.25, 0.3) is 0 Å². The SMILES string of the molecule is O=C(Nc1cnccn1)[C@@H]1CO[C@@H]2CN(C(=O)c3ccccc3)C[C@H]21. The monoisotopic (exact) mass is 338 g/mol. The molecule has 7 nitrogen and oxygen atoms in total. The minimum atomic E-state index is -0.291. The quantitative estimate of drug-likeness (QED) is 0.909. The van der Waals surface area contributed by atoms with Gasteiger partial charge in [-0.3, -0.25) is 14.6 Å². The average Bonchev–Trinajstić information content (AvgIpc) is 3.23. The topological polar surface area (TPSA) is 84.4 Å². The van der Waals surface area contributed by atoms with Crippen molar-refractivity contribution in [3.8, 4) is 0 Å². The summed E-state index contributed by atoms with van der Waals surface area (Å²) in [5.41, 5.74) is 0.656. The van der Waals surface area contributed by atoms with Gasteiger partial charge in [0.05, 0.1) is 24.8 Å². The number of aromatic nitrogens is 2. The number of benzene rings is 1. The van der Waals surface area contributed by atoms with Crippen LogP contribution in [0.2, 0.25) is 0 Å². The van der Waals surface area contributed by atoms with Gasteiger partial charge in [0.15, 0.2) is 5.82 Å². The van der Waals surface area contributed by atoms with E-state index in [-0.39, 0.29) is 29.8 Å². The smallest absolute Gasteiger partial charge is 0.253 e. The average molecular weight is 338 g/mol. The van der Waals surface area contributed by atoms with Crippen molar-refractivity contribution in [2.75, 3.05) is 25.0 Å². The molecule has 0 radical (unpaired) electrons. The standard InChI is InChI=1S/C18H18N4O3/c23-17(21-16-8-19-6-7-20-16)14-11-25-15-10-22(9-13(14)15)18(24)12-4-2-1-3-5-12/h1-8,13-15H,9-11H2,(H,20,21,23)/t13-,14+,15+/m0/s1. The molecule has 0 bridgehead atoms. The summed E-state index contributed by atoms with van der Waals surface area (Å²) in [5, 5.41) is 2.78. The van der Waals surface area contributed by atoms with Crippen LogP contribution < -0.4 is 5.32 Å². The molecule has 128 valence electrons. The number of hydrogen-bond donors (Lipinski definition) is 1. The highest BCUT2D eigenvalue weighted by atomic mass is 16.5. The van der Waals surface area contributed by atoms with Crippen molar-refractivity contribution in [3.05, 3.63) is 54.5 Å². The van der Waals surface area contributed by atoms with Gasteiger partial charge in [-0.15, -0.1) is 0 Å². The van der Waals surface area contributed by atoms with E-state index in [4.69, 9.17) is 4.74 Å². The Bertz CT molecular complexity index is 768. The minimum Gasteiger partial charge on any atom is -0.375 e. The molecule has 2 fully saturated rings. The number of nitrogens with one attached hydrogen (secondary N) is 1. The maximum atomic E-state index is 12.6. The third-order valence-electron chi connectivity index (χ3n) is 4.77. The lowest BCUT2D eigenvalue weighted by molar-refractivity contribution is -0.120. The Morgan fingerprint density at radius 2 is 2.00 bits per heavy atom. The van der Waals surface area contributed by atoms with Gasteiger partial charge in [0.25, 0.3) is 5.91 Å². The van der Waals surface area contributed by atoms with E-state index in [1.165, 1.54) is 12.4 Å². The Hall–Kier alpha value is -2.80. The Morgan fingerprint density at radius 3 is 2.76 bits per heavy atom. The van der Waals surface area contributed by atoms with Crippen molar-refractivity contribution in [1.29, 1.82) is 0 Å². The molecule has 1 N–H and O–H groups in total. The van der Waals surface area contributed by atoms with Gasteiger partial charge in [0.2, 0.25) is 5.91 Å². The fourth-order valence-electron chi connectivity index (χ4n) is 3.49. The number of likely N-dealkylation sites (tertiary alicyclic amines) is 1. The molecule has 2 saturated heterocycles. The molecule has 0 spiro atoms. The van der Waals surface area contributed by atoms with E-state index in [9.17, 15) is 9.59 Å². The number of nitrogens with zero attached hydrogens (tertiary/aromatic N) is 3. The first-order chi connectivity index (χ1) is 12.2. The molecule has 1 aromatic carbocycles. The molecule has 0 saturated carbocycles. The van der Waals surface area contributed by atoms with Crippen LogP contribution in [0, 0.1) is 11.8 Å². The van der Waals surface area contributed by atoms with Crippen molar-refractivity contribution in [2.45, 2.75) is 6.10 Å². The lowest BCUT2D eigenvalue weighted by atomic mass is 9.92. The van der Waals surface area contributed by atoms with Crippen LogP contribution in [0.1, 0.15) is 10.4 Å². The summed E-state index contributed by atoms with van der Waals surface area (Å²) in [6, 6.07) is 9.17. The zero-order valence-electron chi connectivity index (χ0n) is 13.5. The number of hydrogen-bond acceptors (Lipinski definition) is 5. The van der Waals surface area contributed by atoms with Crippen LogP contribution in [0.3, 0.4) is 0 Å². The van der Waals surface area contributed by atoms with Crippen LogP contribution in [-0.4, -0.2) is 52.5 Å². The lowest BCUT2D eigenvalue weighted by Crippen LogP contribution is -2.34. The molecule has 3 heterocycles. The van der Waals surface area contributed by atoms with Gasteiger partial charge in [-0.25, -0.2) is 4.98 Å². The fraction of sp³-hybridized carbons (Fsp3) is 0.333. The Labute approximate surface area is 145 Å². The van der Waals surface area contributed by atoms with Gasteiger partial charge < -0.3 is 15.0 Å². The normalized spacial score (nSPS) is 24.8. The Morgan fingerprint density at radius 1 is 1.16 bits per heavy atom. The summed E-state index contributed by atoms with van der Waals surface area (Å²) < 4.78 is 5.77. The largest absolute Gasteiger partial charge is 0.375 e. The first-order valence-corrected chi connectivity index (χ1v) is 8.25. The van der Waals surface area contributed by atoms with Crippen LogP contribution in [0.5, 0.6) is 0 Å². The van der Waals surface area contributed by atoms with E-state index in [1.54, 1.807) is 23.2 Å². The molecule has 0 unspecified atom stereocenters. The molecule has 2 aliphatic rings. The third-order valence-corrected chi connectivity index (χ3v) is 4.77. The summed E-state index contributed by atoms with van der Waals surface area (Å²) in [6.07, 6.45) is 4.49. The van der Waals surface area contributed by atoms with Crippen molar-refractivity contribution >= 4 is 17.6 Å². The third kappa shape index (κ3) is 3.10. The summed E-state index contributed by atoms with van der Waals surface area (Å²) in [5.74, 6) is -0.0234. The number of amides is 2. The summed E-state index contributed by atoms with van der Waals surface area (Å²) in [7, 11) is 0. The Balaban J connectivity index is 1.43. The highest BCUT2D eigenvalue weighted by molar-refractivity contribution is 5.95. The lowest BCUT2D eigenvalue weighted by Gasteiger charge is -2.19. The van der Waals surface area contributed by atoms with E-state index in [0.717, 1.165) is 0 Å². The summed E-state index contributed by atoms with van der Waals surface area (Å²) >= 11 is 0. The number of ether oxygens (including phenoxy) is 1. The van der Waals surface area contributed by atoms with Crippen LogP contribution in [0.4, 0.5) is 5.82 Å². The molecule has 0 aliphatic carbocycles. The molecule has 2 aliphatic heterocycles. The van der Waals surface area contributed by atoms with Gasteiger partial charge >= 0.3 is 0 Å². The first kappa shape index (κ1) is 15.7. The number of fused-ring (bicyclic) bond motifs is 1. The van der Waals surface area contributed by atoms with E-state index < -0.39 is 0 Å². The van der Waals surface area contributed by atoms with Crippen LogP contribution in [0.15, 0.2) is 48.9 Å². The van der Waals surface area contributed by atoms with Crippen LogP contribution >= 0.6 is 0 Å². The maximum absolute atomic E-state index is 12.6. The predicted octanol–water partition coefficient (Wildman–Crippen LogP) is 1.20. The molecule has 1 aromatic heterocycles. The second kappa shape index (κ2) is 6.60. The highest BCUT2D eigenvalue weighted by Gasteiger charge is 2.48. The molecule has 25 heavy (non-hydrogen) atoms. The highest BCUT2D eigenvalue weighted by Crippen LogP contribution is 2.34. The van der Waals surface area contributed by atoms with E-state index in [0.29, 0.717) is 31.1 Å². The van der Waals surface area contributed by atoms with E-state index >= 15 is 0 Å². The zero-order chi connectivity index (χ0) is 17.2. The molecule has 7 heteroatoms. The minimum absolute atomic E-state index is 0.00401. The summed E-state index contributed by atoms with van der Waals surface area (Å²) in [6.45, 7) is 1.42. The van der Waals surface area contributed by atoms with Gasteiger partial charge in [0.1, 0.15) is 0 Å². The van der Waals surface area contributed by atoms with E-state index in [2.05, 4.69) is 15.3 Å². The van der Waals surface area contributed by atoms with Gasteiger partial charge in [-0.2, -0.15) is 0 Å². The van der Waals surface area contributed by atoms with Crippen molar-refractivity contribution in [1.82, 2.24) is 14.9 Å². The maximum Gasteiger partial charge on any atom is 0.253 e. The number of anilines is 1. The molecular weight excluding hydrogens is 320 g/mol. The molecular formula is C18H18N4O3. The second-order valence-electron chi connectivity index (χ2n) is 6.30. The molecule has 2 amide bonds. The number of carbonyl (C=O) groups excluding carboxylic acids is 2. The van der Waals surface area contributed by atoms with Gasteiger partial charge in [-0.1, -0.05) is 18.2 Å². The molecule has 3 atom stereocenters. The second-order valence-corrected chi connectivity index (χ2v) is 6.30. The zero-order valence-corrected chi connectivity index (χ0v) is 13.5. The van der Waals surface area contributed by atoms with Crippen molar-refractivity contribution < 1.29 is 14.3 Å². The van der Waals surface area contributed by atoms with Crippen molar-refractivity contribution in [2.24, 2.45) is 11.8 Å². The van der Waals surface area contributed by atoms with Crippen LogP contribution in [-0.2, 0) is 9.53 Å². The number of carbonyl (C=O) groups is 2. The van der Waals surface area contributed by atoms with E-state index in [1.807, 2.05) is 18.2 Å². The van der Waals surface area contributed by atoms with Gasteiger partial charge in [-0.05, 0) is 12.1 Å². The fourth-order valence-corrected chi connectivity index (χ4v) is 3.49. The molecule has 4 rings (SSSR count). The van der Waals surface area contributed by atoms with Gasteiger partial charge in [0, 0.05) is 37.0 Å². The first-order valence-electron chi connectivity index (χ1n) is 8.25.